The van der Waals surface area contributed by atoms with Crippen molar-refractivity contribution in [3.63, 3.8) is 0 Å². The Morgan fingerprint density at radius 1 is 1.17 bits per heavy atom. The van der Waals surface area contributed by atoms with Crippen LogP contribution in [0.25, 0.3) is 11.5 Å². The van der Waals surface area contributed by atoms with Crippen molar-refractivity contribution < 1.29 is 0 Å². The predicted molar refractivity (Wildman–Crippen MR) is 119 cm³/mol. The Hall–Kier alpha value is -1.64. The van der Waals surface area contributed by atoms with E-state index in [1.807, 2.05) is 24.8 Å². The van der Waals surface area contributed by atoms with Crippen LogP contribution in [0.2, 0.25) is 0 Å². The second kappa shape index (κ2) is 7.56. The van der Waals surface area contributed by atoms with Gasteiger partial charge in [0.2, 0.25) is 0 Å². The third kappa shape index (κ3) is 3.55. The van der Waals surface area contributed by atoms with Crippen LogP contribution >= 0.6 is 27.7 Å². The van der Waals surface area contributed by atoms with Crippen LogP contribution in [0.3, 0.4) is 0 Å². The first-order valence-corrected chi connectivity index (χ1v) is 11.8. The van der Waals surface area contributed by atoms with Crippen molar-refractivity contribution in [3.05, 3.63) is 46.6 Å². The lowest BCUT2D eigenvalue weighted by atomic mass is 9.95. The first-order chi connectivity index (χ1) is 14.1. The van der Waals surface area contributed by atoms with Gasteiger partial charge in [0, 0.05) is 49.0 Å². The third-order valence-corrected chi connectivity index (χ3v) is 8.01. The molecule has 5 rings (SSSR count). The van der Waals surface area contributed by atoms with Gasteiger partial charge in [-0.25, -0.2) is 0 Å². The zero-order valence-corrected chi connectivity index (χ0v) is 19.2. The fourth-order valence-electron chi connectivity index (χ4n) is 4.69. The molecule has 152 valence electrons. The van der Waals surface area contributed by atoms with Gasteiger partial charge in [0.05, 0.1) is 0 Å². The molecule has 1 aromatic carbocycles. The van der Waals surface area contributed by atoms with E-state index in [0.29, 0.717) is 5.41 Å². The van der Waals surface area contributed by atoms with Gasteiger partial charge >= 0.3 is 0 Å². The van der Waals surface area contributed by atoms with Crippen LogP contribution in [0.15, 0.2) is 46.2 Å². The van der Waals surface area contributed by atoms with Gasteiger partial charge in [-0.05, 0) is 49.1 Å². The van der Waals surface area contributed by atoms with Gasteiger partial charge in [-0.3, -0.25) is 4.68 Å². The van der Waals surface area contributed by atoms with Crippen molar-refractivity contribution in [1.29, 1.82) is 0 Å². The highest BCUT2D eigenvalue weighted by Crippen LogP contribution is 2.59. The molecule has 3 aromatic rings. The van der Waals surface area contributed by atoms with E-state index >= 15 is 0 Å². The molecule has 0 amide bonds. The largest absolute Gasteiger partial charge is 0.304 e. The summed E-state index contributed by atoms with van der Waals surface area (Å²) in [5.41, 5.74) is 2.93. The molecule has 1 aliphatic heterocycles. The Bertz CT molecular complexity index is 1010. The van der Waals surface area contributed by atoms with E-state index in [2.05, 4.69) is 65.0 Å². The van der Waals surface area contributed by atoms with E-state index in [4.69, 9.17) is 0 Å². The Morgan fingerprint density at radius 2 is 2.00 bits per heavy atom. The van der Waals surface area contributed by atoms with Crippen LogP contribution < -0.4 is 0 Å². The molecule has 1 aliphatic carbocycles. The summed E-state index contributed by atoms with van der Waals surface area (Å²) in [4.78, 5) is 2.65. The number of benzene rings is 1. The van der Waals surface area contributed by atoms with Crippen molar-refractivity contribution in [2.24, 2.45) is 20.0 Å². The Labute approximate surface area is 183 Å². The van der Waals surface area contributed by atoms with Gasteiger partial charge in [-0.2, -0.15) is 5.10 Å². The summed E-state index contributed by atoms with van der Waals surface area (Å²) in [7, 11) is 3.96. The minimum Gasteiger partial charge on any atom is -0.304 e. The first-order valence-electron chi connectivity index (χ1n) is 10.1. The summed E-state index contributed by atoms with van der Waals surface area (Å²) in [6, 6.07) is 10.9. The molecule has 2 unspecified atom stereocenters. The summed E-state index contributed by atoms with van der Waals surface area (Å²) in [6.07, 6.45) is 4.32. The minimum atomic E-state index is 0.426. The maximum atomic E-state index is 4.38. The summed E-state index contributed by atoms with van der Waals surface area (Å²) >= 11 is 5.34. The Morgan fingerprint density at radius 3 is 2.76 bits per heavy atom. The molecule has 8 heteroatoms. The highest BCUT2D eigenvalue weighted by atomic mass is 79.9. The number of halogens is 1. The second-order valence-corrected chi connectivity index (χ2v) is 10.2. The van der Waals surface area contributed by atoms with Gasteiger partial charge in [0.1, 0.15) is 5.69 Å². The zero-order valence-electron chi connectivity index (χ0n) is 16.8. The van der Waals surface area contributed by atoms with Gasteiger partial charge in [-0.15, -0.1) is 10.2 Å². The molecule has 2 atom stereocenters. The van der Waals surface area contributed by atoms with E-state index in [9.17, 15) is 0 Å². The molecule has 2 aliphatic rings. The molecule has 3 heterocycles. The molecule has 29 heavy (non-hydrogen) atoms. The SMILES string of the molecule is Cn1nccc1-c1nnc(SCCCN2CC3CC3(c3ccc(Br)cc3)C2)n1C. The van der Waals surface area contributed by atoms with E-state index in [1.165, 1.54) is 31.5 Å². The van der Waals surface area contributed by atoms with Gasteiger partial charge in [0.25, 0.3) is 0 Å². The van der Waals surface area contributed by atoms with E-state index in [-0.39, 0.29) is 0 Å². The maximum Gasteiger partial charge on any atom is 0.191 e. The van der Waals surface area contributed by atoms with Gasteiger partial charge in [0.15, 0.2) is 11.0 Å². The van der Waals surface area contributed by atoms with E-state index in [0.717, 1.165) is 39.4 Å². The van der Waals surface area contributed by atoms with Crippen LogP contribution in [0, 0.1) is 5.92 Å². The highest BCUT2D eigenvalue weighted by molar-refractivity contribution is 9.10. The number of hydrogen-bond donors (Lipinski definition) is 0. The van der Waals surface area contributed by atoms with Crippen LogP contribution in [0.4, 0.5) is 0 Å². The fourth-order valence-corrected chi connectivity index (χ4v) is 5.79. The number of likely N-dealkylation sites (tertiary alicyclic amines) is 1. The molecule has 2 aromatic heterocycles. The quantitative estimate of drug-likeness (QED) is 0.387. The molecule has 0 spiro atoms. The molecular weight excluding hydrogens is 448 g/mol. The molecule has 0 radical (unpaired) electrons. The predicted octanol–water partition coefficient (Wildman–Crippen LogP) is 3.73. The molecule has 0 N–H and O–H groups in total. The van der Waals surface area contributed by atoms with Crippen LogP contribution in [-0.2, 0) is 19.5 Å². The van der Waals surface area contributed by atoms with Crippen LogP contribution in [-0.4, -0.2) is 54.8 Å². The second-order valence-electron chi connectivity index (χ2n) is 8.21. The number of nitrogens with zero attached hydrogens (tertiary/aromatic N) is 6. The minimum absolute atomic E-state index is 0.426. The van der Waals surface area contributed by atoms with Crippen molar-refractivity contribution in [2.45, 2.75) is 23.4 Å². The zero-order chi connectivity index (χ0) is 20.0. The average molecular weight is 473 g/mol. The molecule has 6 nitrogen and oxygen atoms in total. The Kier molecular flexibility index (Phi) is 5.04. The average Bonchev–Trinajstić information content (AvgIpc) is 3.02. The van der Waals surface area contributed by atoms with Crippen LogP contribution in [0.1, 0.15) is 18.4 Å². The summed E-state index contributed by atoms with van der Waals surface area (Å²) in [5, 5.41) is 13.9. The molecular formula is C21H25BrN6S. The fraction of sp³-hybridized carbons (Fsp3) is 0.476. The standard InChI is InChI=1S/C21H25BrN6S/c1-26-19(18-8-9-23-27(18)2)24-25-20(26)29-11-3-10-28-13-16-12-21(16,14-28)15-4-6-17(22)7-5-15/h4-9,16H,3,10-14H2,1-2H3. The number of thioether (sulfide) groups is 1. The molecule has 0 bridgehead atoms. The summed E-state index contributed by atoms with van der Waals surface area (Å²) in [6.45, 7) is 3.61. The number of fused-ring (bicyclic) bond motifs is 1. The normalized spacial score (nSPS) is 23.5. The number of hydrogen-bond acceptors (Lipinski definition) is 5. The number of aromatic nitrogens is 5. The topological polar surface area (TPSA) is 51.8 Å². The van der Waals surface area contributed by atoms with Crippen molar-refractivity contribution in [1.82, 2.24) is 29.4 Å². The maximum absolute atomic E-state index is 4.38. The smallest absolute Gasteiger partial charge is 0.191 e. The van der Waals surface area contributed by atoms with Crippen molar-refractivity contribution in [2.75, 3.05) is 25.4 Å². The Balaban J connectivity index is 1.13. The highest BCUT2D eigenvalue weighted by Gasteiger charge is 2.60. The monoisotopic (exact) mass is 472 g/mol. The molecule has 2 fully saturated rings. The van der Waals surface area contributed by atoms with Crippen molar-refractivity contribution >= 4 is 27.7 Å². The number of aryl methyl sites for hydroxylation is 1. The van der Waals surface area contributed by atoms with Gasteiger partial charge in [-0.1, -0.05) is 39.8 Å². The first kappa shape index (κ1) is 19.3. The lowest BCUT2D eigenvalue weighted by molar-refractivity contribution is 0.299. The van der Waals surface area contributed by atoms with E-state index < -0.39 is 0 Å². The molecule has 1 saturated carbocycles. The van der Waals surface area contributed by atoms with Crippen LogP contribution in [0.5, 0.6) is 0 Å². The van der Waals surface area contributed by atoms with Gasteiger partial charge < -0.3 is 9.47 Å². The summed E-state index contributed by atoms with van der Waals surface area (Å²) in [5.74, 6) is 2.77. The number of piperidine rings is 1. The van der Waals surface area contributed by atoms with E-state index in [1.54, 1.807) is 18.0 Å². The summed E-state index contributed by atoms with van der Waals surface area (Å²) < 4.78 is 5.06. The number of rotatable bonds is 7. The lowest BCUT2D eigenvalue weighted by Gasteiger charge is -2.21. The third-order valence-electron chi connectivity index (χ3n) is 6.37. The molecule has 1 saturated heterocycles. The lowest BCUT2D eigenvalue weighted by Crippen LogP contribution is -2.27. The van der Waals surface area contributed by atoms with Crippen molar-refractivity contribution in [3.8, 4) is 11.5 Å².